The summed E-state index contributed by atoms with van der Waals surface area (Å²) in [5, 5.41) is 0. The van der Waals surface area contributed by atoms with Gasteiger partial charge in [0.2, 0.25) is 0 Å². The van der Waals surface area contributed by atoms with Gasteiger partial charge in [0, 0.05) is 19.7 Å². The Morgan fingerprint density at radius 1 is 0.875 bits per heavy atom. The third kappa shape index (κ3) is 21.8. The smallest absolute Gasteiger partial charge is 0.312 e. The second-order valence-corrected chi connectivity index (χ2v) is 8.70. The lowest BCUT2D eigenvalue weighted by molar-refractivity contribution is 0.196. The highest BCUT2D eigenvalue weighted by atomic mass is 19.3. The second-order valence-electron chi connectivity index (χ2n) is 8.70. The Balaban J connectivity index is -0.000000507. The van der Waals surface area contributed by atoms with Crippen molar-refractivity contribution >= 4 is 23.9 Å². The minimum absolute atomic E-state index is 0.175. The molecule has 40 heavy (non-hydrogen) atoms. The monoisotopic (exact) mass is 559 g/mol. The summed E-state index contributed by atoms with van der Waals surface area (Å²) in [4.78, 5) is 8.98. The molecule has 0 unspecified atom stereocenters. The molecule has 0 aliphatic carbocycles. The first-order chi connectivity index (χ1) is 19.0. The van der Waals surface area contributed by atoms with Crippen LogP contribution in [0.3, 0.4) is 0 Å². The molecule has 0 bridgehead atoms. The molecule has 2 aromatic carbocycles. The van der Waals surface area contributed by atoms with Crippen molar-refractivity contribution in [2.24, 2.45) is 9.98 Å². The van der Waals surface area contributed by atoms with Gasteiger partial charge in [-0.3, -0.25) is 4.99 Å². The lowest BCUT2D eigenvalue weighted by Gasteiger charge is -2.12. The van der Waals surface area contributed by atoms with Crippen LogP contribution in [-0.4, -0.2) is 58.2 Å². The number of alkyl halides is 2. The van der Waals surface area contributed by atoms with Crippen LogP contribution in [-0.2, 0) is 11.2 Å². The number of rotatable bonds is 9. The summed E-state index contributed by atoms with van der Waals surface area (Å²) in [7, 11) is 5.07. The molecule has 0 aromatic heterocycles. The molecule has 0 fully saturated rings. The molecular weight excluding hydrogens is 504 g/mol. The lowest BCUT2D eigenvalue weighted by atomic mass is 10.1. The van der Waals surface area contributed by atoms with Crippen LogP contribution >= 0.6 is 0 Å². The molecule has 0 heterocycles. The lowest BCUT2D eigenvalue weighted by Crippen LogP contribution is -2.19. The molecule has 2 aromatic rings. The van der Waals surface area contributed by atoms with Crippen LogP contribution in [0, 0.1) is 6.92 Å². The summed E-state index contributed by atoms with van der Waals surface area (Å²) in [5.74, 6) is -0.442. The third-order valence-corrected chi connectivity index (χ3v) is 5.07. The average molecular weight is 560 g/mol. The van der Waals surface area contributed by atoms with Crippen LogP contribution in [0.15, 0.2) is 71.7 Å². The van der Waals surface area contributed by atoms with Crippen molar-refractivity contribution in [3.8, 4) is 0 Å². The van der Waals surface area contributed by atoms with E-state index in [4.69, 9.17) is 4.74 Å². The van der Waals surface area contributed by atoms with E-state index in [0.717, 1.165) is 12.0 Å². The maximum Gasteiger partial charge on any atom is 0.312 e. The number of halogens is 2. The van der Waals surface area contributed by atoms with Gasteiger partial charge in [-0.05, 0) is 71.1 Å². The van der Waals surface area contributed by atoms with Crippen molar-refractivity contribution in [1.29, 1.82) is 0 Å². The Bertz CT molecular complexity index is 931. The zero-order valence-electron chi connectivity index (χ0n) is 26.9. The van der Waals surface area contributed by atoms with E-state index >= 15 is 0 Å². The summed E-state index contributed by atoms with van der Waals surface area (Å²) in [6.07, 6.45) is 0.742. The van der Waals surface area contributed by atoms with Crippen LogP contribution in [0.5, 0.6) is 0 Å². The summed E-state index contributed by atoms with van der Waals surface area (Å²) in [5.41, 5.74) is 5.49. The molecule has 0 aliphatic heterocycles. The first kappa shape index (κ1) is 41.4. The highest BCUT2D eigenvalue weighted by molar-refractivity contribution is 5.84. The molecule has 0 atom stereocenters. The number of aryl methyl sites for hydroxylation is 2. The minimum Gasteiger partial charge on any atom is -0.438 e. The topological polar surface area (TPSA) is 37.2 Å². The summed E-state index contributed by atoms with van der Waals surface area (Å²) >= 11 is 0. The molecule has 6 heteroatoms. The molecule has 226 valence electrons. The summed E-state index contributed by atoms with van der Waals surface area (Å²) in [6, 6.07) is 15.8. The fourth-order valence-electron chi connectivity index (χ4n) is 3.01. The minimum atomic E-state index is -2.73. The molecule has 0 aliphatic rings. The van der Waals surface area contributed by atoms with Crippen LogP contribution in [0.25, 0.3) is 11.3 Å². The van der Waals surface area contributed by atoms with Crippen molar-refractivity contribution in [3.05, 3.63) is 83.9 Å². The van der Waals surface area contributed by atoms with Crippen LogP contribution in [0.4, 0.5) is 8.78 Å². The van der Waals surface area contributed by atoms with Gasteiger partial charge in [0.25, 0.3) is 5.90 Å². The summed E-state index contributed by atoms with van der Waals surface area (Å²) < 4.78 is 29.7. The molecule has 0 amide bonds. The number of hydrogen-bond acceptors (Lipinski definition) is 4. The number of benzene rings is 2. The van der Waals surface area contributed by atoms with E-state index in [1.165, 1.54) is 49.7 Å². The van der Waals surface area contributed by atoms with Crippen molar-refractivity contribution in [1.82, 2.24) is 4.90 Å². The Kier molecular flexibility index (Phi) is 28.4. The average Bonchev–Trinajstić information content (AvgIpc) is 2.94. The molecule has 0 radical (unpaired) electrons. The van der Waals surface area contributed by atoms with E-state index in [1.54, 1.807) is 19.2 Å². The maximum atomic E-state index is 12.4. The van der Waals surface area contributed by atoms with E-state index in [2.05, 4.69) is 86.8 Å². The Hall–Kier alpha value is -3.12. The maximum absolute atomic E-state index is 12.4. The van der Waals surface area contributed by atoms with Gasteiger partial charge >= 0.3 is 6.43 Å². The van der Waals surface area contributed by atoms with Gasteiger partial charge in [0.1, 0.15) is 5.76 Å². The van der Waals surface area contributed by atoms with E-state index in [-0.39, 0.29) is 5.76 Å². The van der Waals surface area contributed by atoms with Crippen molar-refractivity contribution in [2.75, 3.05) is 34.2 Å². The molecule has 0 spiro atoms. The van der Waals surface area contributed by atoms with Gasteiger partial charge in [-0.25, -0.2) is 0 Å². The number of hydrogen-bond donors (Lipinski definition) is 0. The van der Waals surface area contributed by atoms with Crippen molar-refractivity contribution in [2.45, 2.75) is 74.2 Å². The van der Waals surface area contributed by atoms with Gasteiger partial charge in [-0.1, -0.05) is 107 Å². The van der Waals surface area contributed by atoms with Crippen LogP contribution in [0.2, 0.25) is 0 Å². The Labute approximate surface area is 244 Å². The number of allylic oxidation sites excluding steroid dienone is 1. The Morgan fingerprint density at radius 3 is 1.62 bits per heavy atom. The molecule has 2 rings (SSSR count). The summed E-state index contributed by atoms with van der Waals surface area (Å²) in [6.45, 7) is 27.6. The van der Waals surface area contributed by atoms with E-state index < -0.39 is 12.3 Å². The highest BCUT2D eigenvalue weighted by Crippen LogP contribution is 2.17. The quantitative estimate of drug-likeness (QED) is 0.174. The number of aliphatic imine (C=N–C) groups is 2. The van der Waals surface area contributed by atoms with E-state index in [9.17, 15) is 8.78 Å². The van der Waals surface area contributed by atoms with Crippen LogP contribution in [0.1, 0.15) is 76.6 Å². The fraction of sp³-hybridized carbons (Fsp3) is 0.471. The zero-order chi connectivity index (χ0) is 31.5. The van der Waals surface area contributed by atoms with Gasteiger partial charge in [0.15, 0.2) is 0 Å². The number of nitrogens with zero attached hydrogens (tertiary/aromatic N) is 3. The largest absolute Gasteiger partial charge is 0.438 e. The second kappa shape index (κ2) is 27.4. The standard InChI is InChI=1S/C13H15F2NO.C10H12.C7H17N.C2H5N.C2H6/c1-4-10-5-7-11(8-6-10)9(2)17-13(16-3)12(14)15;1-8(2)10-6-4-9(3)5-7-10;1-4-6-8(3)7-5-2;1-3-2;1-2/h5-8,12H,2,4H2,1,3H3;4-7H,1H2,2-3H3;4-7H2,1-3H3;1H2,2H3;1-2H3. The van der Waals surface area contributed by atoms with Gasteiger partial charge < -0.3 is 14.6 Å². The molecule has 0 N–H and O–H groups in total. The molecule has 4 nitrogen and oxygen atoms in total. The van der Waals surface area contributed by atoms with Gasteiger partial charge in [-0.2, -0.15) is 8.78 Å². The fourth-order valence-corrected chi connectivity index (χ4v) is 3.01. The van der Waals surface area contributed by atoms with Gasteiger partial charge in [-0.15, -0.1) is 0 Å². The SMILES string of the molecule is C=C(C)c1ccc(C)cc1.C=C(OC(=NC)C(F)F)c1ccc(CC)cc1.C=NC.CC.CCCN(C)CCC. The van der Waals surface area contributed by atoms with E-state index in [1.807, 2.05) is 39.8 Å². The molecule has 0 saturated carbocycles. The predicted octanol–water partition coefficient (Wildman–Crippen LogP) is 9.64. The third-order valence-electron chi connectivity index (χ3n) is 5.07. The molecular formula is C34H55F2N3O. The normalized spacial score (nSPS) is 9.90. The highest BCUT2D eigenvalue weighted by Gasteiger charge is 2.15. The molecule has 0 saturated heterocycles. The number of ether oxygens (including phenoxy) is 1. The Morgan fingerprint density at radius 2 is 1.30 bits per heavy atom. The predicted molar refractivity (Wildman–Crippen MR) is 176 cm³/mol. The van der Waals surface area contributed by atoms with Crippen molar-refractivity contribution in [3.63, 3.8) is 0 Å². The van der Waals surface area contributed by atoms with Crippen LogP contribution < -0.4 is 0 Å². The first-order valence-corrected chi connectivity index (χ1v) is 14.0. The first-order valence-electron chi connectivity index (χ1n) is 14.0. The van der Waals surface area contributed by atoms with Gasteiger partial charge in [0.05, 0.1) is 0 Å². The van der Waals surface area contributed by atoms with E-state index in [0.29, 0.717) is 5.56 Å². The van der Waals surface area contributed by atoms with Crippen molar-refractivity contribution < 1.29 is 13.5 Å². The zero-order valence-corrected chi connectivity index (χ0v) is 26.9.